The van der Waals surface area contributed by atoms with Crippen LogP contribution < -0.4 is 0 Å². The SMILES string of the molecule is CC(/C=C/[C@@]1(C)[C@H](C)[C@@H](O)CC(=O)[C@@H]1C)=C\Cc1c(O)c(Cl)c(C)c(C=O)c1O. The summed E-state index contributed by atoms with van der Waals surface area (Å²) < 4.78 is 0. The molecule has 0 unspecified atom stereocenters. The van der Waals surface area contributed by atoms with Gasteiger partial charge < -0.3 is 15.3 Å². The smallest absolute Gasteiger partial charge is 0.154 e. The van der Waals surface area contributed by atoms with Gasteiger partial charge in [0.25, 0.3) is 0 Å². The van der Waals surface area contributed by atoms with E-state index in [0.717, 1.165) is 5.57 Å². The van der Waals surface area contributed by atoms with Crippen molar-refractivity contribution in [2.45, 2.75) is 53.6 Å². The van der Waals surface area contributed by atoms with Gasteiger partial charge in [0.15, 0.2) is 6.29 Å². The number of hydrogen-bond acceptors (Lipinski definition) is 5. The first-order valence-corrected chi connectivity index (χ1v) is 10.1. The number of aldehydes is 1. The first-order chi connectivity index (χ1) is 13.5. The minimum Gasteiger partial charge on any atom is -0.507 e. The van der Waals surface area contributed by atoms with E-state index in [-0.39, 0.29) is 58.1 Å². The Kier molecular flexibility index (Phi) is 6.97. The Labute approximate surface area is 176 Å². The van der Waals surface area contributed by atoms with Gasteiger partial charge in [-0.3, -0.25) is 9.59 Å². The second-order valence-electron chi connectivity index (χ2n) is 8.25. The molecule has 0 heterocycles. The second kappa shape index (κ2) is 8.72. The summed E-state index contributed by atoms with van der Waals surface area (Å²) in [7, 11) is 0. The van der Waals surface area contributed by atoms with Crippen molar-refractivity contribution in [2.24, 2.45) is 17.3 Å². The third-order valence-electron chi connectivity index (χ3n) is 6.60. The Bertz CT molecular complexity index is 886. The third-order valence-corrected chi connectivity index (χ3v) is 7.07. The third kappa shape index (κ3) is 4.26. The van der Waals surface area contributed by atoms with Crippen LogP contribution in [0.25, 0.3) is 0 Å². The topological polar surface area (TPSA) is 94.8 Å². The zero-order valence-electron chi connectivity index (χ0n) is 17.5. The molecule has 1 aromatic rings. The number of aromatic hydroxyl groups is 2. The van der Waals surface area contributed by atoms with Crippen molar-refractivity contribution in [3.63, 3.8) is 0 Å². The van der Waals surface area contributed by atoms with Gasteiger partial charge in [-0.25, -0.2) is 0 Å². The molecule has 3 N–H and O–H groups in total. The van der Waals surface area contributed by atoms with Crippen molar-refractivity contribution >= 4 is 23.7 Å². The highest BCUT2D eigenvalue weighted by molar-refractivity contribution is 6.33. The maximum absolute atomic E-state index is 12.2. The van der Waals surface area contributed by atoms with Crippen molar-refractivity contribution in [2.75, 3.05) is 0 Å². The van der Waals surface area contributed by atoms with Crippen LogP contribution in [0.1, 0.15) is 55.6 Å². The maximum Gasteiger partial charge on any atom is 0.154 e. The van der Waals surface area contributed by atoms with Crippen molar-refractivity contribution < 1.29 is 24.9 Å². The van der Waals surface area contributed by atoms with Gasteiger partial charge in [-0.2, -0.15) is 0 Å². The Balaban J connectivity index is 2.31. The van der Waals surface area contributed by atoms with Crippen LogP contribution in [0.15, 0.2) is 23.8 Å². The number of carbonyl (C=O) groups is 2. The molecule has 1 fully saturated rings. The van der Waals surface area contributed by atoms with Gasteiger partial charge in [-0.05, 0) is 31.7 Å². The van der Waals surface area contributed by atoms with E-state index in [1.807, 2.05) is 39.8 Å². The molecule has 1 aromatic carbocycles. The average Bonchev–Trinajstić information content (AvgIpc) is 2.68. The molecule has 29 heavy (non-hydrogen) atoms. The van der Waals surface area contributed by atoms with E-state index in [9.17, 15) is 24.9 Å². The van der Waals surface area contributed by atoms with E-state index < -0.39 is 11.5 Å². The van der Waals surface area contributed by atoms with Gasteiger partial charge in [-0.1, -0.05) is 56.2 Å². The molecule has 4 atom stereocenters. The molecule has 0 saturated heterocycles. The number of carbonyl (C=O) groups excluding carboxylic acids is 2. The molecule has 2 rings (SSSR count). The highest BCUT2D eigenvalue weighted by Gasteiger charge is 2.46. The summed E-state index contributed by atoms with van der Waals surface area (Å²) in [5, 5.41) is 30.9. The van der Waals surface area contributed by atoms with Crippen LogP contribution in [0.3, 0.4) is 0 Å². The van der Waals surface area contributed by atoms with E-state index >= 15 is 0 Å². The maximum atomic E-state index is 12.2. The molecule has 0 radical (unpaired) electrons. The van der Waals surface area contributed by atoms with Crippen LogP contribution in [0.4, 0.5) is 0 Å². The lowest BCUT2D eigenvalue weighted by molar-refractivity contribution is -0.136. The number of allylic oxidation sites excluding steroid dienone is 4. The lowest BCUT2D eigenvalue weighted by Gasteiger charge is -2.44. The van der Waals surface area contributed by atoms with Gasteiger partial charge >= 0.3 is 0 Å². The molecule has 1 aliphatic rings. The van der Waals surface area contributed by atoms with Crippen LogP contribution >= 0.6 is 11.6 Å². The molecule has 0 spiro atoms. The van der Waals surface area contributed by atoms with Crippen molar-refractivity contribution in [3.8, 4) is 11.5 Å². The predicted octanol–water partition coefficient (Wildman–Crippen LogP) is 4.53. The number of phenolic OH excluding ortho intramolecular Hbond substituents is 2. The van der Waals surface area contributed by atoms with E-state index in [1.54, 1.807) is 13.0 Å². The Morgan fingerprint density at radius 3 is 2.48 bits per heavy atom. The minimum atomic E-state index is -0.664. The van der Waals surface area contributed by atoms with Crippen LogP contribution in [0.2, 0.25) is 5.02 Å². The average molecular weight is 421 g/mol. The normalized spacial score (nSPS) is 28.2. The zero-order valence-corrected chi connectivity index (χ0v) is 18.2. The Hall–Kier alpha value is -2.11. The summed E-state index contributed by atoms with van der Waals surface area (Å²) in [6.45, 7) is 9.23. The Morgan fingerprint density at radius 2 is 1.90 bits per heavy atom. The summed E-state index contributed by atoms with van der Waals surface area (Å²) in [5.41, 5.74) is 0.950. The van der Waals surface area contributed by atoms with Crippen LogP contribution in [-0.2, 0) is 11.2 Å². The lowest BCUT2D eigenvalue weighted by atomic mass is 9.60. The van der Waals surface area contributed by atoms with Crippen LogP contribution in [0, 0.1) is 24.2 Å². The summed E-state index contributed by atoms with van der Waals surface area (Å²) in [6.07, 6.45) is 5.85. The largest absolute Gasteiger partial charge is 0.507 e. The monoisotopic (exact) mass is 420 g/mol. The molecule has 1 saturated carbocycles. The zero-order chi connectivity index (χ0) is 22.1. The lowest BCUT2D eigenvalue weighted by Crippen LogP contribution is -2.47. The van der Waals surface area contributed by atoms with Gasteiger partial charge in [0.2, 0.25) is 0 Å². The van der Waals surface area contributed by atoms with Gasteiger partial charge in [-0.15, -0.1) is 0 Å². The van der Waals surface area contributed by atoms with Gasteiger partial charge in [0.05, 0.1) is 16.7 Å². The fourth-order valence-corrected chi connectivity index (χ4v) is 4.09. The number of rotatable bonds is 5. The summed E-state index contributed by atoms with van der Waals surface area (Å²) in [5.74, 6) is -0.740. The molecule has 1 aliphatic carbocycles. The molecular weight excluding hydrogens is 392 g/mol. The van der Waals surface area contributed by atoms with E-state index in [4.69, 9.17) is 11.6 Å². The summed E-state index contributed by atoms with van der Waals surface area (Å²) >= 11 is 6.08. The fraction of sp³-hybridized carbons (Fsp3) is 0.478. The summed E-state index contributed by atoms with van der Waals surface area (Å²) in [6, 6.07) is 0. The number of hydrogen-bond donors (Lipinski definition) is 3. The van der Waals surface area contributed by atoms with Crippen LogP contribution in [0.5, 0.6) is 11.5 Å². The molecule has 0 bridgehead atoms. The van der Waals surface area contributed by atoms with E-state index in [0.29, 0.717) is 11.8 Å². The molecule has 0 aliphatic heterocycles. The number of aliphatic hydroxyl groups is 1. The molecular formula is C23H29ClO5. The highest BCUT2D eigenvalue weighted by Crippen LogP contribution is 2.45. The number of Topliss-reactive ketones (excluding diaryl/α,β-unsaturated/α-hetero) is 1. The highest BCUT2D eigenvalue weighted by atomic mass is 35.5. The van der Waals surface area contributed by atoms with E-state index in [2.05, 4.69) is 0 Å². The molecule has 0 amide bonds. The van der Waals surface area contributed by atoms with E-state index in [1.165, 1.54) is 0 Å². The summed E-state index contributed by atoms with van der Waals surface area (Å²) in [4.78, 5) is 23.5. The second-order valence-corrected chi connectivity index (χ2v) is 8.62. The number of phenols is 2. The number of halogens is 1. The first kappa shape index (κ1) is 23.2. The van der Waals surface area contributed by atoms with Crippen molar-refractivity contribution in [3.05, 3.63) is 45.5 Å². The molecule has 6 heteroatoms. The molecule has 0 aromatic heterocycles. The molecule has 5 nitrogen and oxygen atoms in total. The standard InChI is InChI=1S/C23H29ClO5/c1-12(8-9-23(5)14(3)18(26)10-19(27)15(23)4)6-7-16-21(28)17(11-25)13(2)20(24)22(16)29/h6,8-9,11,14-15,18,26,28-29H,7,10H2,1-5H3/b9-8+,12-6+/t14-,15+,18+,23+/m1/s1. The Morgan fingerprint density at radius 1 is 1.28 bits per heavy atom. The van der Waals surface area contributed by atoms with Gasteiger partial charge in [0, 0.05) is 23.3 Å². The van der Waals surface area contributed by atoms with Crippen molar-refractivity contribution in [1.82, 2.24) is 0 Å². The predicted molar refractivity (Wildman–Crippen MR) is 114 cm³/mol. The first-order valence-electron chi connectivity index (χ1n) is 9.70. The number of ketones is 1. The van der Waals surface area contributed by atoms with Crippen molar-refractivity contribution in [1.29, 1.82) is 0 Å². The number of aliphatic hydroxyl groups excluding tert-OH is 1. The number of benzene rings is 1. The molecule has 158 valence electrons. The quantitative estimate of drug-likeness (QED) is 0.480. The minimum absolute atomic E-state index is 0.0476. The van der Waals surface area contributed by atoms with Crippen LogP contribution in [-0.4, -0.2) is 33.5 Å². The fourth-order valence-electron chi connectivity index (χ4n) is 3.87. The van der Waals surface area contributed by atoms with Gasteiger partial charge in [0.1, 0.15) is 17.3 Å².